The molecular weight excluding hydrogens is 188 g/mol. The van der Waals surface area contributed by atoms with E-state index in [1.807, 2.05) is 0 Å². The summed E-state index contributed by atoms with van der Waals surface area (Å²) >= 11 is 0. The van der Waals surface area contributed by atoms with Crippen LogP contribution in [0, 0.1) is 0 Å². The zero-order valence-corrected chi connectivity index (χ0v) is 9.72. The van der Waals surface area contributed by atoms with E-state index in [9.17, 15) is 4.79 Å². The molecule has 0 atom stereocenters. The summed E-state index contributed by atoms with van der Waals surface area (Å²) in [6.07, 6.45) is 5.08. The molecule has 1 saturated heterocycles. The standard InChI is InChI=1S/C12H22N2O/c1-11(2)12(15)13-7-6-10-14-8-4-3-5-9-14/h1,3-10H2,2H3,(H,13,15). The maximum atomic E-state index is 11.2. The summed E-state index contributed by atoms with van der Waals surface area (Å²) in [7, 11) is 0. The monoisotopic (exact) mass is 210 g/mol. The van der Waals surface area contributed by atoms with Gasteiger partial charge in [0.05, 0.1) is 0 Å². The molecule has 1 fully saturated rings. The van der Waals surface area contributed by atoms with E-state index in [1.165, 1.54) is 32.4 Å². The van der Waals surface area contributed by atoms with Crippen molar-refractivity contribution in [3.05, 3.63) is 12.2 Å². The molecule has 1 rings (SSSR count). The van der Waals surface area contributed by atoms with Gasteiger partial charge in [0, 0.05) is 12.1 Å². The van der Waals surface area contributed by atoms with Gasteiger partial charge in [0.2, 0.25) is 5.91 Å². The molecule has 3 heteroatoms. The van der Waals surface area contributed by atoms with E-state index in [-0.39, 0.29) is 5.91 Å². The number of nitrogens with zero attached hydrogens (tertiary/aromatic N) is 1. The van der Waals surface area contributed by atoms with Crippen LogP contribution in [0.25, 0.3) is 0 Å². The van der Waals surface area contributed by atoms with Crippen molar-refractivity contribution in [2.24, 2.45) is 0 Å². The summed E-state index contributed by atoms with van der Waals surface area (Å²) < 4.78 is 0. The second-order valence-corrected chi connectivity index (χ2v) is 4.29. The second kappa shape index (κ2) is 6.62. The summed E-state index contributed by atoms with van der Waals surface area (Å²) in [5, 5.41) is 2.86. The molecule has 0 aromatic carbocycles. The molecule has 0 aliphatic carbocycles. The summed E-state index contributed by atoms with van der Waals surface area (Å²) in [6, 6.07) is 0. The Labute approximate surface area is 92.5 Å². The molecule has 0 spiro atoms. The minimum atomic E-state index is -0.0198. The van der Waals surface area contributed by atoms with E-state index in [4.69, 9.17) is 0 Å². The molecule has 1 aliphatic rings. The highest BCUT2D eigenvalue weighted by Gasteiger charge is 2.09. The zero-order chi connectivity index (χ0) is 11.1. The Morgan fingerprint density at radius 2 is 2.00 bits per heavy atom. The molecule has 1 aliphatic heterocycles. The molecule has 86 valence electrons. The third-order valence-electron chi connectivity index (χ3n) is 2.77. The molecule has 0 unspecified atom stereocenters. The minimum Gasteiger partial charge on any atom is -0.352 e. The largest absolute Gasteiger partial charge is 0.352 e. The van der Waals surface area contributed by atoms with E-state index in [0.717, 1.165) is 19.5 Å². The van der Waals surface area contributed by atoms with E-state index >= 15 is 0 Å². The second-order valence-electron chi connectivity index (χ2n) is 4.29. The van der Waals surface area contributed by atoms with Crippen molar-refractivity contribution in [2.75, 3.05) is 26.2 Å². The highest BCUT2D eigenvalue weighted by Crippen LogP contribution is 2.08. The maximum absolute atomic E-state index is 11.2. The molecule has 15 heavy (non-hydrogen) atoms. The van der Waals surface area contributed by atoms with Crippen LogP contribution in [0.3, 0.4) is 0 Å². The average molecular weight is 210 g/mol. The van der Waals surface area contributed by atoms with E-state index in [1.54, 1.807) is 6.92 Å². The Kier molecular flexibility index (Phi) is 5.40. The van der Waals surface area contributed by atoms with Gasteiger partial charge in [0.1, 0.15) is 0 Å². The number of likely N-dealkylation sites (tertiary alicyclic amines) is 1. The molecule has 0 saturated carbocycles. The van der Waals surface area contributed by atoms with Crippen LogP contribution in [0.2, 0.25) is 0 Å². The quantitative estimate of drug-likeness (QED) is 0.551. The number of hydrogen-bond donors (Lipinski definition) is 1. The van der Waals surface area contributed by atoms with Crippen molar-refractivity contribution in [3.8, 4) is 0 Å². The van der Waals surface area contributed by atoms with Gasteiger partial charge >= 0.3 is 0 Å². The van der Waals surface area contributed by atoms with E-state index < -0.39 is 0 Å². The number of hydrogen-bond acceptors (Lipinski definition) is 2. The van der Waals surface area contributed by atoms with Crippen molar-refractivity contribution in [1.29, 1.82) is 0 Å². The van der Waals surface area contributed by atoms with Gasteiger partial charge in [-0.1, -0.05) is 13.0 Å². The molecular formula is C12H22N2O. The van der Waals surface area contributed by atoms with Gasteiger partial charge in [-0.15, -0.1) is 0 Å². The van der Waals surface area contributed by atoms with Crippen LogP contribution in [0.5, 0.6) is 0 Å². The van der Waals surface area contributed by atoms with Crippen LogP contribution >= 0.6 is 0 Å². The number of amides is 1. The normalized spacial score (nSPS) is 17.4. The van der Waals surface area contributed by atoms with Gasteiger partial charge in [-0.05, 0) is 45.8 Å². The summed E-state index contributed by atoms with van der Waals surface area (Å²) in [5.74, 6) is -0.0198. The Morgan fingerprint density at radius 1 is 1.33 bits per heavy atom. The van der Waals surface area contributed by atoms with Crippen molar-refractivity contribution >= 4 is 5.91 Å². The molecule has 1 heterocycles. The highest BCUT2D eigenvalue weighted by molar-refractivity contribution is 5.91. The van der Waals surface area contributed by atoms with Gasteiger partial charge < -0.3 is 10.2 Å². The zero-order valence-electron chi connectivity index (χ0n) is 9.72. The number of piperidine rings is 1. The van der Waals surface area contributed by atoms with Gasteiger partial charge in [-0.2, -0.15) is 0 Å². The molecule has 0 bridgehead atoms. The lowest BCUT2D eigenvalue weighted by Crippen LogP contribution is -2.33. The smallest absolute Gasteiger partial charge is 0.246 e. The predicted octanol–water partition coefficient (Wildman–Crippen LogP) is 1.55. The van der Waals surface area contributed by atoms with Crippen molar-refractivity contribution < 1.29 is 4.79 Å². The first kappa shape index (κ1) is 12.2. The van der Waals surface area contributed by atoms with Gasteiger partial charge in [-0.25, -0.2) is 0 Å². The fraction of sp³-hybridized carbons (Fsp3) is 0.750. The highest BCUT2D eigenvalue weighted by atomic mass is 16.1. The Morgan fingerprint density at radius 3 is 2.60 bits per heavy atom. The Bertz CT molecular complexity index is 220. The Hall–Kier alpha value is -0.830. The van der Waals surface area contributed by atoms with Crippen LogP contribution in [-0.4, -0.2) is 37.0 Å². The molecule has 0 aromatic rings. The van der Waals surface area contributed by atoms with Gasteiger partial charge in [-0.3, -0.25) is 4.79 Å². The first-order valence-electron chi connectivity index (χ1n) is 5.86. The number of rotatable bonds is 5. The molecule has 3 nitrogen and oxygen atoms in total. The van der Waals surface area contributed by atoms with Gasteiger partial charge in [0.15, 0.2) is 0 Å². The van der Waals surface area contributed by atoms with Crippen LogP contribution in [-0.2, 0) is 4.79 Å². The van der Waals surface area contributed by atoms with Crippen LogP contribution in [0.1, 0.15) is 32.6 Å². The maximum Gasteiger partial charge on any atom is 0.246 e. The molecule has 0 radical (unpaired) electrons. The fourth-order valence-electron chi connectivity index (χ4n) is 1.84. The lowest BCUT2D eigenvalue weighted by Gasteiger charge is -2.26. The van der Waals surface area contributed by atoms with E-state index in [2.05, 4.69) is 16.8 Å². The van der Waals surface area contributed by atoms with Crippen molar-refractivity contribution in [1.82, 2.24) is 10.2 Å². The van der Waals surface area contributed by atoms with Crippen LogP contribution < -0.4 is 5.32 Å². The fourth-order valence-corrected chi connectivity index (χ4v) is 1.84. The number of nitrogens with one attached hydrogen (secondary N) is 1. The molecule has 1 N–H and O–H groups in total. The first-order valence-corrected chi connectivity index (χ1v) is 5.86. The van der Waals surface area contributed by atoms with Crippen molar-refractivity contribution in [2.45, 2.75) is 32.6 Å². The summed E-state index contributed by atoms with van der Waals surface area (Å²) in [5.41, 5.74) is 0.591. The Balaban J connectivity index is 2.01. The molecule has 0 aromatic heterocycles. The van der Waals surface area contributed by atoms with E-state index in [0.29, 0.717) is 5.57 Å². The van der Waals surface area contributed by atoms with Crippen molar-refractivity contribution in [3.63, 3.8) is 0 Å². The lowest BCUT2D eigenvalue weighted by molar-refractivity contribution is -0.117. The first-order chi connectivity index (χ1) is 7.20. The topological polar surface area (TPSA) is 32.3 Å². The summed E-state index contributed by atoms with van der Waals surface area (Å²) in [4.78, 5) is 13.7. The minimum absolute atomic E-state index is 0.0198. The van der Waals surface area contributed by atoms with Crippen LogP contribution in [0.15, 0.2) is 12.2 Å². The SMILES string of the molecule is C=C(C)C(=O)NCCCN1CCCCC1. The predicted molar refractivity (Wildman–Crippen MR) is 62.7 cm³/mol. The third kappa shape index (κ3) is 4.98. The third-order valence-corrected chi connectivity index (χ3v) is 2.77. The average Bonchev–Trinajstić information content (AvgIpc) is 2.25. The lowest BCUT2D eigenvalue weighted by atomic mass is 10.1. The number of carbonyl (C=O) groups is 1. The van der Waals surface area contributed by atoms with Crippen LogP contribution in [0.4, 0.5) is 0 Å². The molecule has 1 amide bonds. The number of carbonyl (C=O) groups excluding carboxylic acids is 1. The van der Waals surface area contributed by atoms with Gasteiger partial charge in [0.25, 0.3) is 0 Å². The summed E-state index contributed by atoms with van der Waals surface area (Å²) in [6.45, 7) is 9.67.